The largest absolute Gasteiger partial charge is 0.496 e. The average Bonchev–Trinajstić information content (AvgIpc) is 3.51. The molecule has 2 saturated carbocycles. The monoisotopic (exact) mass is 344 g/mol. The predicted octanol–water partition coefficient (Wildman–Crippen LogP) is 2.70. The van der Waals surface area contributed by atoms with Gasteiger partial charge in [-0.1, -0.05) is 18.2 Å². The van der Waals surface area contributed by atoms with Gasteiger partial charge < -0.3 is 10.1 Å². The van der Waals surface area contributed by atoms with E-state index in [4.69, 9.17) is 17.0 Å². The molecular weight excluding hydrogens is 324 g/mol. The molecule has 2 N–H and O–H groups in total. The van der Waals surface area contributed by atoms with Crippen LogP contribution in [0.5, 0.6) is 5.75 Å². The predicted molar refractivity (Wildman–Crippen MR) is 91.4 cm³/mol. The van der Waals surface area contributed by atoms with E-state index in [0.29, 0.717) is 17.4 Å². The van der Waals surface area contributed by atoms with Gasteiger partial charge in [-0.15, -0.1) is 0 Å². The molecule has 0 unspecified atom stereocenters. The van der Waals surface area contributed by atoms with Crippen LogP contribution in [0.1, 0.15) is 42.6 Å². The van der Waals surface area contributed by atoms with Crippen molar-refractivity contribution in [3.63, 3.8) is 0 Å². The Hall–Kier alpha value is -2.15. The number of benzene rings is 1. The zero-order valence-corrected chi connectivity index (χ0v) is 14.3. The third kappa shape index (κ3) is 2.84. The molecule has 0 bridgehead atoms. The molecule has 0 radical (unpaired) electrons. The number of rotatable bonds is 6. The minimum absolute atomic E-state index is 0.0117. The lowest BCUT2D eigenvalue weighted by Gasteiger charge is -2.09. The van der Waals surface area contributed by atoms with Gasteiger partial charge in [0, 0.05) is 12.0 Å². The Bertz CT molecular complexity index is 824. The lowest BCUT2D eigenvalue weighted by molar-refractivity contribution is -0.122. The molecule has 0 aliphatic heterocycles. The lowest BCUT2D eigenvalue weighted by atomic mass is 10.1. The van der Waals surface area contributed by atoms with Gasteiger partial charge in [-0.3, -0.25) is 14.5 Å². The molecule has 2 aliphatic rings. The smallest absolute Gasteiger partial charge is 0.224 e. The summed E-state index contributed by atoms with van der Waals surface area (Å²) in [6, 6.07) is 8.36. The van der Waals surface area contributed by atoms with E-state index in [9.17, 15) is 4.79 Å². The summed E-state index contributed by atoms with van der Waals surface area (Å²) >= 11 is 5.26. The molecule has 7 heteroatoms. The third-order valence-corrected chi connectivity index (χ3v) is 5.06. The molecule has 0 spiro atoms. The first-order chi connectivity index (χ1) is 11.7. The molecule has 2 aliphatic carbocycles. The molecule has 1 heterocycles. The lowest BCUT2D eigenvalue weighted by Crippen LogP contribution is -2.26. The summed E-state index contributed by atoms with van der Waals surface area (Å²) in [5.74, 6) is 1.99. The summed E-state index contributed by atoms with van der Waals surface area (Å²) in [5, 5.41) is 10.1. The van der Waals surface area contributed by atoms with Gasteiger partial charge in [0.15, 0.2) is 10.6 Å². The van der Waals surface area contributed by atoms with Crippen LogP contribution in [-0.4, -0.2) is 27.8 Å². The number of carbonyl (C=O) groups is 1. The zero-order valence-electron chi connectivity index (χ0n) is 13.5. The number of aromatic nitrogens is 3. The highest BCUT2D eigenvalue weighted by molar-refractivity contribution is 7.71. The van der Waals surface area contributed by atoms with Crippen LogP contribution in [0.15, 0.2) is 24.3 Å². The first-order valence-corrected chi connectivity index (χ1v) is 8.66. The van der Waals surface area contributed by atoms with Gasteiger partial charge in [0.25, 0.3) is 0 Å². The number of H-pyrrole nitrogens is 1. The minimum Gasteiger partial charge on any atom is -0.496 e. The first-order valence-electron chi connectivity index (χ1n) is 8.25. The van der Waals surface area contributed by atoms with E-state index in [-0.39, 0.29) is 17.7 Å². The van der Waals surface area contributed by atoms with Crippen molar-refractivity contribution in [2.24, 2.45) is 5.92 Å². The standard InChI is InChI=1S/C17H20N4O2S/c1-23-14-5-3-2-4-11(14)12-8-13(12)16(22)18-9-15-19-20-17(24)21(15)10-6-7-10/h2-5,10,12-13H,6-9H2,1H3,(H,18,22)(H,20,24)/t12-,13+/m0/s1. The first kappa shape index (κ1) is 15.4. The molecule has 2 aromatic rings. The van der Waals surface area contributed by atoms with E-state index in [1.54, 1.807) is 7.11 Å². The van der Waals surface area contributed by atoms with E-state index in [0.717, 1.165) is 36.4 Å². The number of nitrogens with one attached hydrogen (secondary N) is 2. The molecule has 2 atom stereocenters. The molecule has 6 nitrogen and oxygen atoms in total. The maximum Gasteiger partial charge on any atom is 0.224 e. The minimum atomic E-state index is 0.0117. The summed E-state index contributed by atoms with van der Waals surface area (Å²) in [5.41, 5.74) is 1.11. The second kappa shape index (κ2) is 6.05. The molecule has 2 fully saturated rings. The van der Waals surface area contributed by atoms with Crippen molar-refractivity contribution >= 4 is 18.1 Å². The molecular formula is C17H20N4O2S. The number of hydrogen-bond donors (Lipinski definition) is 2. The highest BCUT2D eigenvalue weighted by Crippen LogP contribution is 2.50. The number of hydrogen-bond acceptors (Lipinski definition) is 4. The SMILES string of the molecule is COc1ccccc1[C@@H]1C[C@H]1C(=O)NCc1n[nH]c(=S)n1C1CC1. The fraction of sp³-hybridized carbons (Fsp3) is 0.471. The van der Waals surface area contributed by atoms with Crippen LogP contribution < -0.4 is 10.1 Å². The number of carbonyl (C=O) groups excluding carboxylic acids is 1. The third-order valence-electron chi connectivity index (χ3n) is 4.78. The van der Waals surface area contributed by atoms with Crippen LogP contribution in [0, 0.1) is 10.7 Å². The van der Waals surface area contributed by atoms with Gasteiger partial charge in [0.2, 0.25) is 5.91 Å². The fourth-order valence-corrected chi connectivity index (χ4v) is 3.57. The molecule has 0 saturated heterocycles. The van der Waals surface area contributed by atoms with Crippen molar-refractivity contribution in [2.75, 3.05) is 7.11 Å². The van der Waals surface area contributed by atoms with E-state index in [1.165, 1.54) is 0 Å². The summed E-state index contributed by atoms with van der Waals surface area (Å²) in [4.78, 5) is 12.4. The summed E-state index contributed by atoms with van der Waals surface area (Å²) in [6.07, 6.45) is 3.13. The Morgan fingerprint density at radius 2 is 2.25 bits per heavy atom. The van der Waals surface area contributed by atoms with Crippen molar-refractivity contribution in [3.8, 4) is 5.75 Å². The maximum atomic E-state index is 12.4. The summed E-state index contributed by atoms with van der Waals surface area (Å²) in [7, 11) is 1.66. The molecule has 24 heavy (non-hydrogen) atoms. The second-order valence-electron chi connectivity index (χ2n) is 6.45. The number of para-hydroxylation sites is 1. The Morgan fingerprint density at radius 1 is 1.46 bits per heavy atom. The van der Waals surface area contributed by atoms with Gasteiger partial charge in [-0.2, -0.15) is 5.10 Å². The number of aromatic amines is 1. The van der Waals surface area contributed by atoms with Crippen molar-refractivity contribution in [3.05, 3.63) is 40.4 Å². The van der Waals surface area contributed by atoms with Crippen LogP contribution in [0.25, 0.3) is 0 Å². The number of amides is 1. The van der Waals surface area contributed by atoms with Crippen molar-refractivity contribution in [1.82, 2.24) is 20.1 Å². The average molecular weight is 344 g/mol. The second-order valence-corrected chi connectivity index (χ2v) is 6.84. The van der Waals surface area contributed by atoms with Crippen LogP contribution in [0.3, 0.4) is 0 Å². The van der Waals surface area contributed by atoms with Gasteiger partial charge in [0.1, 0.15) is 5.75 Å². The zero-order chi connectivity index (χ0) is 16.7. The Labute approximate surface area is 145 Å². The molecule has 126 valence electrons. The molecule has 1 aromatic carbocycles. The van der Waals surface area contributed by atoms with Crippen molar-refractivity contribution in [2.45, 2.75) is 37.8 Å². The highest BCUT2D eigenvalue weighted by Gasteiger charge is 2.45. The Morgan fingerprint density at radius 3 is 3.00 bits per heavy atom. The summed E-state index contributed by atoms with van der Waals surface area (Å²) in [6.45, 7) is 0.414. The normalized spacial score (nSPS) is 22.2. The quantitative estimate of drug-likeness (QED) is 0.791. The highest BCUT2D eigenvalue weighted by atomic mass is 32.1. The molecule has 1 aromatic heterocycles. The van der Waals surface area contributed by atoms with Crippen LogP contribution in [-0.2, 0) is 11.3 Å². The maximum absolute atomic E-state index is 12.4. The Kier molecular flexibility index (Phi) is 3.88. The van der Waals surface area contributed by atoms with Crippen LogP contribution in [0.2, 0.25) is 0 Å². The van der Waals surface area contributed by atoms with E-state index in [1.807, 2.05) is 28.8 Å². The van der Waals surface area contributed by atoms with Crippen molar-refractivity contribution < 1.29 is 9.53 Å². The van der Waals surface area contributed by atoms with Crippen LogP contribution in [0.4, 0.5) is 0 Å². The van der Waals surface area contributed by atoms with E-state index in [2.05, 4.69) is 15.5 Å². The van der Waals surface area contributed by atoms with Gasteiger partial charge in [0.05, 0.1) is 13.7 Å². The topological polar surface area (TPSA) is 71.9 Å². The summed E-state index contributed by atoms with van der Waals surface area (Å²) < 4.78 is 8.06. The number of ether oxygens (including phenoxy) is 1. The van der Waals surface area contributed by atoms with E-state index < -0.39 is 0 Å². The Balaban J connectivity index is 1.39. The molecule has 4 rings (SSSR count). The van der Waals surface area contributed by atoms with Crippen LogP contribution >= 0.6 is 12.2 Å². The fourth-order valence-electron chi connectivity index (χ4n) is 3.27. The number of nitrogens with zero attached hydrogens (tertiary/aromatic N) is 2. The van der Waals surface area contributed by atoms with Crippen molar-refractivity contribution in [1.29, 1.82) is 0 Å². The van der Waals surface area contributed by atoms with E-state index >= 15 is 0 Å². The van der Waals surface area contributed by atoms with Gasteiger partial charge in [-0.25, -0.2) is 0 Å². The number of methoxy groups -OCH3 is 1. The van der Waals surface area contributed by atoms with Gasteiger partial charge >= 0.3 is 0 Å². The van der Waals surface area contributed by atoms with Gasteiger partial charge in [-0.05, 0) is 49.0 Å². The molecule has 1 amide bonds.